The van der Waals surface area contributed by atoms with Crippen molar-refractivity contribution in [3.8, 4) is 0 Å². The summed E-state index contributed by atoms with van der Waals surface area (Å²) in [6.45, 7) is 2.12. The number of nitrogens with zero attached hydrogens (tertiary/aromatic N) is 2. The van der Waals surface area contributed by atoms with Crippen molar-refractivity contribution in [2.24, 2.45) is 5.92 Å². The van der Waals surface area contributed by atoms with Gasteiger partial charge in [-0.2, -0.15) is 0 Å². The Kier molecular flexibility index (Phi) is 3.18. The summed E-state index contributed by atoms with van der Waals surface area (Å²) in [5.74, 6) is -0.553. The predicted octanol–water partition coefficient (Wildman–Crippen LogP) is 0.498. The smallest absolute Gasteiger partial charge is 0.311 e. The van der Waals surface area contributed by atoms with Crippen molar-refractivity contribution >= 4 is 23.4 Å². The number of methoxy groups -OCH3 is 1. The van der Waals surface area contributed by atoms with E-state index in [-0.39, 0.29) is 24.8 Å². The zero-order chi connectivity index (χ0) is 13.3. The van der Waals surface area contributed by atoms with E-state index in [4.69, 9.17) is 5.73 Å². The molecule has 2 N–H and O–H groups in total. The molecule has 1 atom stereocenters. The Bertz CT molecular complexity index is 501. The highest BCUT2D eigenvalue weighted by atomic mass is 16.5. The van der Waals surface area contributed by atoms with Crippen LogP contribution in [0.4, 0.5) is 11.5 Å². The van der Waals surface area contributed by atoms with Crippen LogP contribution in [0.15, 0.2) is 12.3 Å². The largest absolute Gasteiger partial charge is 0.469 e. The van der Waals surface area contributed by atoms with Crippen molar-refractivity contribution in [2.75, 3.05) is 24.3 Å². The first-order valence-corrected chi connectivity index (χ1v) is 5.64. The molecule has 6 nitrogen and oxygen atoms in total. The molecule has 0 radical (unpaired) electrons. The number of aromatic nitrogens is 1. The number of esters is 1. The van der Waals surface area contributed by atoms with Gasteiger partial charge in [-0.05, 0) is 18.6 Å². The topological polar surface area (TPSA) is 85.5 Å². The molecule has 6 heteroatoms. The molecule has 0 bridgehead atoms. The van der Waals surface area contributed by atoms with E-state index in [2.05, 4.69) is 9.72 Å². The third kappa shape index (κ3) is 2.01. The Morgan fingerprint density at radius 1 is 1.61 bits per heavy atom. The summed E-state index contributed by atoms with van der Waals surface area (Å²) >= 11 is 0. The number of rotatable bonds is 2. The van der Waals surface area contributed by atoms with Gasteiger partial charge < -0.3 is 10.5 Å². The van der Waals surface area contributed by atoms with Gasteiger partial charge in [0.2, 0.25) is 5.91 Å². The van der Waals surface area contributed by atoms with Crippen molar-refractivity contribution in [1.82, 2.24) is 4.98 Å². The third-order valence-electron chi connectivity index (χ3n) is 3.10. The van der Waals surface area contributed by atoms with Crippen LogP contribution in [0.3, 0.4) is 0 Å². The molecule has 1 amide bonds. The zero-order valence-corrected chi connectivity index (χ0v) is 10.3. The first-order valence-electron chi connectivity index (χ1n) is 5.64. The van der Waals surface area contributed by atoms with Crippen LogP contribution in [0, 0.1) is 12.8 Å². The van der Waals surface area contributed by atoms with Gasteiger partial charge in [-0.25, -0.2) is 4.98 Å². The standard InChI is InChI=1S/C12H15N3O3/c1-7-3-4-14-11(10(7)13)15-6-8(5-9(15)16)12(17)18-2/h3-4,8H,5-6,13H2,1-2H3. The monoisotopic (exact) mass is 249 g/mol. The minimum atomic E-state index is -0.441. The fourth-order valence-electron chi connectivity index (χ4n) is 2.01. The predicted molar refractivity (Wildman–Crippen MR) is 65.9 cm³/mol. The van der Waals surface area contributed by atoms with Crippen LogP contribution in [0.25, 0.3) is 0 Å². The number of carbonyl (C=O) groups is 2. The molecule has 0 saturated carbocycles. The van der Waals surface area contributed by atoms with E-state index in [0.29, 0.717) is 11.5 Å². The summed E-state index contributed by atoms with van der Waals surface area (Å²) in [7, 11) is 1.31. The molecule has 1 aliphatic rings. The van der Waals surface area contributed by atoms with Crippen molar-refractivity contribution in [3.63, 3.8) is 0 Å². The fraction of sp³-hybridized carbons (Fsp3) is 0.417. The van der Waals surface area contributed by atoms with E-state index in [1.54, 1.807) is 12.3 Å². The zero-order valence-electron chi connectivity index (χ0n) is 10.3. The SMILES string of the molecule is COC(=O)C1CC(=O)N(c2nccc(C)c2N)C1. The Labute approximate surface area is 105 Å². The molecule has 1 unspecified atom stereocenters. The van der Waals surface area contributed by atoms with Crippen molar-refractivity contribution < 1.29 is 14.3 Å². The summed E-state index contributed by atoms with van der Waals surface area (Å²) in [5, 5.41) is 0. The lowest BCUT2D eigenvalue weighted by Crippen LogP contribution is -2.28. The molecule has 1 aliphatic heterocycles. The van der Waals surface area contributed by atoms with E-state index in [0.717, 1.165) is 5.56 Å². The average Bonchev–Trinajstić information content (AvgIpc) is 2.74. The minimum absolute atomic E-state index is 0.141. The van der Waals surface area contributed by atoms with E-state index in [1.807, 2.05) is 6.92 Å². The number of amides is 1. The van der Waals surface area contributed by atoms with Gasteiger partial charge in [0.1, 0.15) is 0 Å². The highest BCUT2D eigenvalue weighted by Crippen LogP contribution is 2.29. The van der Waals surface area contributed by atoms with E-state index in [1.165, 1.54) is 12.0 Å². The lowest BCUT2D eigenvalue weighted by molar-refractivity contribution is -0.145. The number of hydrogen-bond donors (Lipinski definition) is 1. The average molecular weight is 249 g/mol. The van der Waals surface area contributed by atoms with Gasteiger partial charge in [0.25, 0.3) is 0 Å². The van der Waals surface area contributed by atoms with E-state index in [9.17, 15) is 9.59 Å². The number of aryl methyl sites for hydroxylation is 1. The second-order valence-corrected chi connectivity index (χ2v) is 4.29. The first kappa shape index (κ1) is 12.3. The molecule has 2 rings (SSSR count). The van der Waals surface area contributed by atoms with Crippen LogP contribution >= 0.6 is 0 Å². The summed E-state index contributed by atoms with van der Waals surface area (Å²) < 4.78 is 4.65. The van der Waals surface area contributed by atoms with E-state index < -0.39 is 5.92 Å². The maximum absolute atomic E-state index is 11.9. The number of nitrogen functional groups attached to an aromatic ring is 1. The van der Waals surface area contributed by atoms with E-state index >= 15 is 0 Å². The summed E-state index contributed by atoms with van der Waals surface area (Å²) in [4.78, 5) is 28.9. The highest BCUT2D eigenvalue weighted by Gasteiger charge is 2.37. The molecule has 0 aromatic carbocycles. The van der Waals surface area contributed by atoms with Gasteiger partial charge in [0.05, 0.1) is 18.7 Å². The van der Waals surface area contributed by atoms with Crippen molar-refractivity contribution in [2.45, 2.75) is 13.3 Å². The number of pyridine rings is 1. The molecular formula is C12H15N3O3. The number of anilines is 2. The minimum Gasteiger partial charge on any atom is -0.469 e. The van der Waals surface area contributed by atoms with Gasteiger partial charge in [-0.3, -0.25) is 14.5 Å². The normalized spacial score (nSPS) is 19.1. The van der Waals surface area contributed by atoms with Gasteiger partial charge in [0.15, 0.2) is 5.82 Å². The molecule has 1 aromatic rings. The van der Waals surface area contributed by atoms with Gasteiger partial charge in [-0.1, -0.05) is 0 Å². The van der Waals surface area contributed by atoms with Crippen LogP contribution in [0.5, 0.6) is 0 Å². The first-order chi connectivity index (χ1) is 8.54. The van der Waals surface area contributed by atoms with Crippen LogP contribution in [-0.2, 0) is 14.3 Å². The van der Waals surface area contributed by atoms with Crippen LogP contribution < -0.4 is 10.6 Å². The molecule has 1 aromatic heterocycles. The number of hydrogen-bond acceptors (Lipinski definition) is 5. The third-order valence-corrected chi connectivity index (χ3v) is 3.10. The number of carbonyl (C=O) groups excluding carboxylic acids is 2. The Morgan fingerprint density at radius 2 is 2.33 bits per heavy atom. The Balaban J connectivity index is 2.27. The lowest BCUT2D eigenvalue weighted by Gasteiger charge is -2.17. The number of nitrogens with two attached hydrogens (primary N) is 1. The second-order valence-electron chi connectivity index (χ2n) is 4.29. The highest BCUT2D eigenvalue weighted by molar-refractivity contribution is 6.00. The molecule has 18 heavy (non-hydrogen) atoms. The molecule has 96 valence electrons. The molecular weight excluding hydrogens is 234 g/mol. The Morgan fingerprint density at radius 3 is 3.00 bits per heavy atom. The summed E-state index contributed by atoms with van der Waals surface area (Å²) in [6.07, 6.45) is 1.74. The van der Waals surface area contributed by atoms with Crippen LogP contribution in [0.2, 0.25) is 0 Å². The lowest BCUT2D eigenvalue weighted by atomic mass is 10.1. The van der Waals surface area contributed by atoms with Gasteiger partial charge >= 0.3 is 5.97 Å². The molecule has 1 saturated heterocycles. The maximum atomic E-state index is 11.9. The second kappa shape index (κ2) is 4.64. The number of ether oxygens (including phenoxy) is 1. The summed E-state index contributed by atoms with van der Waals surface area (Å²) in [5.41, 5.74) is 7.23. The molecule has 1 fully saturated rings. The van der Waals surface area contributed by atoms with Gasteiger partial charge in [0, 0.05) is 19.2 Å². The molecule has 0 aliphatic carbocycles. The van der Waals surface area contributed by atoms with Crippen molar-refractivity contribution in [3.05, 3.63) is 17.8 Å². The van der Waals surface area contributed by atoms with Crippen LogP contribution in [0.1, 0.15) is 12.0 Å². The molecule has 0 spiro atoms. The Hall–Kier alpha value is -2.11. The van der Waals surface area contributed by atoms with Crippen LogP contribution in [-0.4, -0.2) is 30.5 Å². The fourth-order valence-corrected chi connectivity index (χ4v) is 2.01. The van der Waals surface area contributed by atoms with Crippen molar-refractivity contribution in [1.29, 1.82) is 0 Å². The molecule has 2 heterocycles. The summed E-state index contributed by atoms with van der Waals surface area (Å²) in [6, 6.07) is 1.77. The maximum Gasteiger partial charge on any atom is 0.311 e. The van der Waals surface area contributed by atoms with Gasteiger partial charge in [-0.15, -0.1) is 0 Å². The quantitative estimate of drug-likeness (QED) is 0.771.